The Bertz CT molecular complexity index is 933. The normalized spacial score (nSPS) is 16.4. The molecular formula is C22H33N5O5. The van der Waals surface area contributed by atoms with Crippen molar-refractivity contribution < 1.29 is 24.1 Å². The van der Waals surface area contributed by atoms with Crippen molar-refractivity contribution in [3.63, 3.8) is 0 Å². The van der Waals surface area contributed by atoms with E-state index >= 15 is 0 Å². The Morgan fingerprint density at radius 1 is 1.12 bits per heavy atom. The summed E-state index contributed by atoms with van der Waals surface area (Å²) < 4.78 is 16.0. The van der Waals surface area contributed by atoms with Gasteiger partial charge in [0, 0.05) is 43.2 Å². The molecule has 1 atom stereocenters. The van der Waals surface area contributed by atoms with Gasteiger partial charge in [0.1, 0.15) is 25.0 Å². The fourth-order valence-corrected chi connectivity index (χ4v) is 3.67. The van der Waals surface area contributed by atoms with Crippen LogP contribution < -0.4 is 19.7 Å². The molecule has 2 heterocycles. The minimum atomic E-state index is -0.868. The highest BCUT2D eigenvalue weighted by atomic mass is 16.6. The Morgan fingerprint density at radius 2 is 1.84 bits per heavy atom. The number of anilines is 1. The second-order valence-corrected chi connectivity index (χ2v) is 8.75. The fraction of sp³-hybridized carbons (Fsp3) is 0.591. The highest BCUT2D eigenvalue weighted by Crippen LogP contribution is 2.34. The van der Waals surface area contributed by atoms with Crippen molar-refractivity contribution in [3.8, 4) is 11.5 Å². The Labute approximate surface area is 188 Å². The highest BCUT2D eigenvalue weighted by molar-refractivity contribution is 5.92. The number of nitrogens with zero attached hydrogens (tertiary/aromatic N) is 4. The lowest BCUT2D eigenvalue weighted by Crippen LogP contribution is -2.45. The SMILES string of the molecule is COc1cc2ncnc(N3CCCN(C(O)COC(=O)NC(C)(C)C)CC3)c2cc1OC. The van der Waals surface area contributed by atoms with E-state index in [2.05, 4.69) is 20.2 Å². The molecular weight excluding hydrogens is 414 g/mol. The van der Waals surface area contributed by atoms with E-state index in [-0.39, 0.29) is 6.61 Å². The molecule has 1 unspecified atom stereocenters. The zero-order chi connectivity index (χ0) is 23.3. The molecule has 1 aromatic heterocycles. The first-order valence-electron chi connectivity index (χ1n) is 10.7. The molecule has 32 heavy (non-hydrogen) atoms. The van der Waals surface area contributed by atoms with Crippen LogP contribution in [-0.2, 0) is 4.74 Å². The van der Waals surface area contributed by atoms with E-state index in [4.69, 9.17) is 14.2 Å². The molecule has 0 saturated carbocycles. The predicted molar refractivity (Wildman–Crippen MR) is 121 cm³/mol. The topological polar surface area (TPSA) is 109 Å². The summed E-state index contributed by atoms with van der Waals surface area (Å²) in [5, 5.41) is 14.1. The first-order valence-corrected chi connectivity index (χ1v) is 10.7. The van der Waals surface area contributed by atoms with Gasteiger partial charge in [-0.3, -0.25) is 4.90 Å². The lowest BCUT2D eigenvalue weighted by atomic mass is 10.1. The number of hydrogen-bond donors (Lipinski definition) is 2. The molecule has 1 aliphatic heterocycles. The van der Waals surface area contributed by atoms with Gasteiger partial charge >= 0.3 is 6.09 Å². The lowest BCUT2D eigenvalue weighted by molar-refractivity contribution is -0.0368. The van der Waals surface area contributed by atoms with E-state index in [0.29, 0.717) is 31.1 Å². The van der Waals surface area contributed by atoms with Gasteiger partial charge in [0.2, 0.25) is 0 Å². The number of aliphatic hydroxyl groups excluding tert-OH is 1. The second-order valence-electron chi connectivity index (χ2n) is 8.75. The maximum absolute atomic E-state index is 11.9. The maximum Gasteiger partial charge on any atom is 0.407 e. The first kappa shape index (κ1) is 23.8. The first-order chi connectivity index (χ1) is 15.2. The van der Waals surface area contributed by atoms with Crippen LogP contribution >= 0.6 is 0 Å². The van der Waals surface area contributed by atoms with Crippen LogP contribution in [0.1, 0.15) is 27.2 Å². The second kappa shape index (κ2) is 10.2. The molecule has 1 saturated heterocycles. The number of hydrogen-bond acceptors (Lipinski definition) is 9. The Hall–Kier alpha value is -2.85. The third-order valence-corrected chi connectivity index (χ3v) is 5.21. The van der Waals surface area contributed by atoms with Crippen LogP contribution in [0.2, 0.25) is 0 Å². The van der Waals surface area contributed by atoms with Gasteiger partial charge in [-0.2, -0.15) is 0 Å². The van der Waals surface area contributed by atoms with Gasteiger partial charge in [-0.05, 0) is 33.3 Å². The van der Waals surface area contributed by atoms with Crippen LogP contribution in [0.3, 0.4) is 0 Å². The Kier molecular flexibility index (Phi) is 7.57. The molecule has 10 nitrogen and oxygen atoms in total. The molecule has 0 spiro atoms. The molecule has 2 N–H and O–H groups in total. The maximum atomic E-state index is 11.9. The summed E-state index contributed by atoms with van der Waals surface area (Å²) in [4.78, 5) is 24.9. The molecule has 0 aliphatic carbocycles. The average molecular weight is 448 g/mol. The Balaban J connectivity index is 1.67. The summed E-state index contributed by atoms with van der Waals surface area (Å²) in [6.07, 6.45) is 0.962. The third-order valence-electron chi connectivity index (χ3n) is 5.21. The number of methoxy groups -OCH3 is 2. The van der Waals surface area contributed by atoms with E-state index in [1.54, 1.807) is 20.5 Å². The van der Waals surface area contributed by atoms with Crippen LogP contribution in [0.25, 0.3) is 10.9 Å². The minimum absolute atomic E-state index is 0.0880. The van der Waals surface area contributed by atoms with E-state index in [0.717, 1.165) is 29.7 Å². The molecule has 1 fully saturated rings. The zero-order valence-corrected chi connectivity index (χ0v) is 19.4. The minimum Gasteiger partial charge on any atom is -0.493 e. The molecule has 176 valence electrons. The number of amides is 1. The number of nitrogens with one attached hydrogen (secondary N) is 1. The lowest BCUT2D eigenvalue weighted by Gasteiger charge is -2.27. The quantitative estimate of drug-likeness (QED) is 0.687. The molecule has 10 heteroatoms. The van der Waals surface area contributed by atoms with Crippen molar-refractivity contribution in [2.45, 2.75) is 39.0 Å². The summed E-state index contributed by atoms with van der Waals surface area (Å²) >= 11 is 0. The van der Waals surface area contributed by atoms with Gasteiger partial charge in [0.25, 0.3) is 0 Å². The molecule has 0 bridgehead atoms. The highest BCUT2D eigenvalue weighted by Gasteiger charge is 2.24. The number of carbonyl (C=O) groups is 1. The van der Waals surface area contributed by atoms with Gasteiger partial charge in [0.05, 0.1) is 19.7 Å². The number of fused-ring (bicyclic) bond motifs is 1. The van der Waals surface area contributed by atoms with Crippen LogP contribution in [0, 0.1) is 0 Å². The molecule has 1 aliphatic rings. The van der Waals surface area contributed by atoms with Crippen molar-refractivity contribution >= 4 is 22.8 Å². The Morgan fingerprint density at radius 3 is 2.53 bits per heavy atom. The summed E-state index contributed by atoms with van der Waals surface area (Å²) in [6.45, 7) is 8.24. The van der Waals surface area contributed by atoms with Crippen molar-refractivity contribution in [3.05, 3.63) is 18.5 Å². The number of aliphatic hydroxyl groups is 1. The van der Waals surface area contributed by atoms with Crippen molar-refractivity contribution in [1.82, 2.24) is 20.2 Å². The zero-order valence-electron chi connectivity index (χ0n) is 19.4. The molecule has 1 aromatic carbocycles. The fourth-order valence-electron chi connectivity index (χ4n) is 3.67. The van der Waals surface area contributed by atoms with E-state index in [9.17, 15) is 9.90 Å². The third kappa shape index (κ3) is 5.89. The molecule has 2 aromatic rings. The summed E-state index contributed by atoms with van der Waals surface area (Å²) in [5.41, 5.74) is 0.380. The van der Waals surface area contributed by atoms with Crippen LogP contribution in [0.15, 0.2) is 18.5 Å². The number of ether oxygens (including phenoxy) is 3. The summed E-state index contributed by atoms with van der Waals surface area (Å²) in [5.74, 6) is 2.05. The summed E-state index contributed by atoms with van der Waals surface area (Å²) in [6, 6.07) is 3.73. The van der Waals surface area contributed by atoms with E-state index in [1.807, 2.05) is 37.8 Å². The smallest absolute Gasteiger partial charge is 0.407 e. The van der Waals surface area contributed by atoms with Gasteiger partial charge < -0.3 is 29.5 Å². The van der Waals surface area contributed by atoms with Crippen molar-refractivity contribution in [2.24, 2.45) is 0 Å². The van der Waals surface area contributed by atoms with Gasteiger partial charge in [0.15, 0.2) is 11.5 Å². The number of aromatic nitrogens is 2. The number of carbonyl (C=O) groups excluding carboxylic acids is 1. The molecule has 1 amide bonds. The number of rotatable bonds is 6. The van der Waals surface area contributed by atoms with Crippen LogP contribution in [-0.4, -0.2) is 84.8 Å². The number of alkyl carbamates (subject to hydrolysis) is 1. The molecule has 0 radical (unpaired) electrons. The van der Waals surface area contributed by atoms with Gasteiger partial charge in [-0.15, -0.1) is 0 Å². The predicted octanol–water partition coefficient (Wildman–Crippen LogP) is 2.00. The van der Waals surface area contributed by atoms with Crippen LogP contribution in [0.4, 0.5) is 10.6 Å². The largest absolute Gasteiger partial charge is 0.493 e. The van der Waals surface area contributed by atoms with Crippen molar-refractivity contribution in [2.75, 3.05) is 51.9 Å². The van der Waals surface area contributed by atoms with E-state index in [1.165, 1.54) is 0 Å². The average Bonchev–Trinajstić information content (AvgIpc) is 3.01. The number of benzene rings is 1. The monoisotopic (exact) mass is 447 g/mol. The standard InChI is InChI=1S/C22H33N5O5/c1-22(2,3)25-21(29)32-13-19(28)26-7-6-8-27(10-9-26)20-15-11-17(30-4)18(31-5)12-16(15)23-14-24-20/h11-12,14,19,28H,6-10,13H2,1-5H3,(H,25,29). The molecule has 3 rings (SSSR count). The summed E-state index contributed by atoms with van der Waals surface area (Å²) in [7, 11) is 3.19. The van der Waals surface area contributed by atoms with Gasteiger partial charge in [-0.1, -0.05) is 0 Å². The van der Waals surface area contributed by atoms with E-state index < -0.39 is 17.9 Å². The van der Waals surface area contributed by atoms with Crippen molar-refractivity contribution in [1.29, 1.82) is 0 Å². The van der Waals surface area contributed by atoms with Crippen LogP contribution in [0.5, 0.6) is 11.5 Å². The van der Waals surface area contributed by atoms with Gasteiger partial charge in [-0.25, -0.2) is 14.8 Å².